The average molecular weight is 620 g/mol. The Hall–Kier alpha value is -1.98. The third kappa shape index (κ3) is 10.1. The summed E-state index contributed by atoms with van der Waals surface area (Å²) in [6, 6.07) is 13.0. The molecular formula is C31H45N3O4S3. The van der Waals surface area contributed by atoms with Crippen molar-refractivity contribution in [3.8, 4) is 0 Å². The zero-order valence-electron chi connectivity index (χ0n) is 24.5. The van der Waals surface area contributed by atoms with Crippen molar-refractivity contribution < 1.29 is 18.4 Å². The highest BCUT2D eigenvalue weighted by molar-refractivity contribution is 8.01. The van der Waals surface area contributed by atoms with E-state index in [1.807, 2.05) is 30.3 Å². The number of unbranched alkanes of at least 4 members (excludes halogenated alkanes) is 9. The van der Waals surface area contributed by atoms with E-state index in [2.05, 4.69) is 6.92 Å². The van der Waals surface area contributed by atoms with E-state index in [0.717, 1.165) is 32.3 Å². The Balaban J connectivity index is 1.66. The van der Waals surface area contributed by atoms with E-state index in [1.54, 1.807) is 49.3 Å². The molecule has 1 heterocycles. The lowest BCUT2D eigenvalue weighted by Gasteiger charge is -2.32. The quantitative estimate of drug-likeness (QED) is 0.0610. The zero-order chi connectivity index (χ0) is 29.7. The number of rotatable bonds is 19. The number of carbonyl (C=O) groups is 1. The molecule has 0 spiro atoms. The number of thioether (sulfide) groups is 1. The predicted octanol–water partition coefficient (Wildman–Crippen LogP) is 8.03. The SMILES string of the molecule is CCCCCCCCCCCCSc1nc2ccc(S(=O)(=O)N(Cc3ccccc3)[C@@H](C(=O)NO)C(C)C)cc2s1. The highest BCUT2D eigenvalue weighted by atomic mass is 32.2. The Labute approximate surface area is 254 Å². The first-order chi connectivity index (χ1) is 19.8. The highest BCUT2D eigenvalue weighted by Gasteiger charge is 2.38. The van der Waals surface area contributed by atoms with Crippen LogP contribution >= 0.6 is 23.1 Å². The summed E-state index contributed by atoms with van der Waals surface area (Å²) >= 11 is 3.23. The van der Waals surface area contributed by atoms with Gasteiger partial charge in [0.05, 0.1) is 15.1 Å². The van der Waals surface area contributed by atoms with E-state index in [0.29, 0.717) is 0 Å². The van der Waals surface area contributed by atoms with Gasteiger partial charge in [0.25, 0.3) is 5.91 Å². The van der Waals surface area contributed by atoms with E-state index < -0.39 is 22.0 Å². The number of carbonyl (C=O) groups excluding carboxylic acids is 1. The number of benzene rings is 2. The number of hydroxylamine groups is 1. The molecule has 0 aliphatic heterocycles. The van der Waals surface area contributed by atoms with Crippen LogP contribution in [0.5, 0.6) is 0 Å². The molecule has 0 saturated carbocycles. The highest BCUT2D eigenvalue weighted by Crippen LogP contribution is 2.33. The number of fused-ring (bicyclic) bond motifs is 1. The Bertz CT molecular complexity index is 1310. The summed E-state index contributed by atoms with van der Waals surface area (Å²) in [5.41, 5.74) is 3.17. The van der Waals surface area contributed by atoms with Gasteiger partial charge < -0.3 is 0 Å². The van der Waals surface area contributed by atoms with Gasteiger partial charge in [0.15, 0.2) is 4.34 Å². The summed E-state index contributed by atoms with van der Waals surface area (Å²) in [6.45, 7) is 5.78. The molecule has 3 rings (SSSR count). The molecule has 1 amide bonds. The van der Waals surface area contributed by atoms with Crippen molar-refractivity contribution >= 4 is 49.2 Å². The van der Waals surface area contributed by atoms with Crippen molar-refractivity contribution in [3.63, 3.8) is 0 Å². The van der Waals surface area contributed by atoms with Crippen LogP contribution in [-0.2, 0) is 21.4 Å². The monoisotopic (exact) mass is 619 g/mol. The van der Waals surface area contributed by atoms with Crippen LogP contribution in [0.25, 0.3) is 10.2 Å². The molecule has 0 aliphatic carbocycles. The van der Waals surface area contributed by atoms with Crippen molar-refractivity contribution in [3.05, 3.63) is 54.1 Å². The molecule has 0 fully saturated rings. The molecular weight excluding hydrogens is 575 g/mol. The van der Waals surface area contributed by atoms with Crippen LogP contribution < -0.4 is 5.48 Å². The van der Waals surface area contributed by atoms with Crippen molar-refractivity contribution in [1.82, 2.24) is 14.8 Å². The molecule has 3 aromatic rings. The largest absolute Gasteiger partial charge is 0.289 e. The van der Waals surface area contributed by atoms with Gasteiger partial charge in [-0.2, -0.15) is 4.31 Å². The van der Waals surface area contributed by atoms with Gasteiger partial charge in [0.1, 0.15) is 6.04 Å². The van der Waals surface area contributed by atoms with E-state index in [4.69, 9.17) is 4.98 Å². The number of hydrogen-bond acceptors (Lipinski definition) is 7. The fourth-order valence-corrected chi connectivity index (χ4v) is 8.91. The molecule has 2 aromatic carbocycles. The minimum atomic E-state index is -4.09. The molecule has 41 heavy (non-hydrogen) atoms. The number of nitrogens with zero attached hydrogens (tertiary/aromatic N) is 2. The Morgan fingerprint density at radius 1 is 0.976 bits per heavy atom. The minimum absolute atomic E-state index is 0.000126. The molecule has 0 saturated heterocycles. The molecule has 7 nitrogen and oxygen atoms in total. The summed E-state index contributed by atoms with van der Waals surface area (Å²) in [7, 11) is -4.09. The van der Waals surface area contributed by atoms with Crippen LogP contribution in [0.1, 0.15) is 90.5 Å². The predicted molar refractivity (Wildman–Crippen MR) is 170 cm³/mol. The van der Waals surface area contributed by atoms with Gasteiger partial charge in [-0.1, -0.05) is 121 Å². The molecule has 10 heteroatoms. The van der Waals surface area contributed by atoms with Crippen LogP contribution in [0.2, 0.25) is 0 Å². The second-order valence-corrected chi connectivity index (χ2v) is 15.1. The lowest BCUT2D eigenvalue weighted by Crippen LogP contribution is -2.51. The van der Waals surface area contributed by atoms with E-state index in [1.165, 1.54) is 73.4 Å². The third-order valence-corrected chi connectivity index (χ3v) is 11.2. The van der Waals surface area contributed by atoms with Crippen LogP contribution in [-0.4, -0.2) is 40.6 Å². The number of amides is 1. The Morgan fingerprint density at radius 2 is 1.61 bits per heavy atom. The van der Waals surface area contributed by atoms with Crippen molar-refractivity contribution in [1.29, 1.82) is 0 Å². The molecule has 0 unspecified atom stereocenters. The number of nitrogens with one attached hydrogen (secondary N) is 1. The number of aromatic nitrogens is 1. The first kappa shape index (κ1) is 33.5. The van der Waals surface area contributed by atoms with E-state index >= 15 is 0 Å². The summed E-state index contributed by atoms with van der Waals surface area (Å²) in [5.74, 6) is -0.135. The molecule has 0 radical (unpaired) electrons. The lowest BCUT2D eigenvalue weighted by atomic mass is 10.0. The average Bonchev–Trinajstić information content (AvgIpc) is 3.38. The molecule has 1 atom stereocenters. The number of hydrogen-bond donors (Lipinski definition) is 2. The normalized spacial score (nSPS) is 12.8. The summed E-state index contributed by atoms with van der Waals surface area (Å²) in [6.07, 6.45) is 13.0. The number of sulfonamides is 1. The van der Waals surface area contributed by atoms with Gasteiger partial charge in [-0.3, -0.25) is 10.0 Å². The van der Waals surface area contributed by atoms with Gasteiger partial charge in [-0.05, 0) is 36.1 Å². The fourth-order valence-electron chi connectivity index (χ4n) is 4.92. The smallest absolute Gasteiger partial charge is 0.262 e. The third-order valence-electron chi connectivity index (χ3n) is 7.17. The molecule has 226 valence electrons. The van der Waals surface area contributed by atoms with Crippen LogP contribution in [0, 0.1) is 5.92 Å². The second kappa shape index (κ2) is 17.2. The van der Waals surface area contributed by atoms with Crippen LogP contribution in [0.4, 0.5) is 0 Å². The summed E-state index contributed by atoms with van der Waals surface area (Å²) in [4.78, 5) is 17.5. The Kier molecular flexibility index (Phi) is 14.1. The standard InChI is InChI=1S/C31H45N3O4S3/c1-4-5-6-7-8-9-10-11-12-16-21-39-31-32-27-20-19-26(22-28(27)40-31)41(37,38)34(23-25-17-14-13-15-18-25)29(24(2)3)30(35)33-36/h13-15,17-20,22,24,29,36H,4-12,16,21,23H2,1-3H3,(H,33,35)/t29-/m1/s1. The minimum Gasteiger partial charge on any atom is -0.289 e. The first-order valence-corrected chi connectivity index (χ1v) is 18.0. The molecule has 1 aromatic heterocycles. The van der Waals surface area contributed by atoms with Gasteiger partial charge in [0, 0.05) is 12.3 Å². The molecule has 0 bridgehead atoms. The van der Waals surface area contributed by atoms with E-state index in [-0.39, 0.29) is 17.4 Å². The van der Waals surface area contributed by atoms with Crippen molar-refractivity contribution in [2.75, 3.05) is 5.75 Å². The van der Waals surface area contributed by atoms with Crippen LogP contribution in [0.3, 0.4) is 0 Å². The Morgan fingerprint density at radius 3 is 2.22 bits per heavy atom. The summed E-state index contributed by atoms with van der Waals surface area (Å²) in [5, 5.41) is 9.40. The zero-order valence-corrected chi connectivity index (χ0v) is 27.0. The van der Waals surface area contributed by atoms with Gasteiger partial charge in [0.2, 0.25) is 10.0 Å². The maximum atomic E-state index is 14.0. The van der Waals surface area contributed by atoms with Crippen molar-refractivity contribution in [2.24, 2.45) is 5.92 Å². The lowest BCUT2D eigenvalue weighted by molar-refractivity contribution is -0.134. The van der Waals surface area contributed by atoms with Gasteiger partial charge in [-0.15, -0.1) is 11.3 Å². The van der Waals surface area contributed by atoms with Gasteiger partial charge >= 0.3 is 0 Å². The molecule has 0 aliphatic rings. The number of thiazole rings is 1. The molecule has 2 N–H and O–H groups in total. The van der Waals surface area contributed by atoms with Gasteiger partial charge in [-0.25, -0.2) is 18.9 Å². The maximum Gasteiger partial charge on any atom is 0.262 e. The first-order valence-electron chi connectivity index (χ1n) is 14.8. The van der Waals surface area contributed by atoms with E-state index in [9.17, 15) is 18.4 Å². The summed E-state index contributed by atoms with van der Waals surface area (Å²) < 4.78 is 30.9. The van der Waals surface area contributed by atoms with Crippen LogP contribution in [0.15, 0.2) is 57.8 Å². The maximum absolute atomic E-state index is 14.0. The fraction of sp³-hybridized carbons (Fsp3) is 0.548. The topological polar surface area (TPSA) is 99.6 Å². The van der Waals surface area contributed by atoms with Crippen molar-refractivity contribution in [2.45, 2.75) is 107 Å². The second-order valence-electron chi connectivity index (χ2n) is 10.8.